The van der Waals surface area contributed by atoms with Crippen molar-refractivity contribution in [1.29, 1.82) is 10.5 Å². The Morgan fingerprint density at radius 1 is 0.512 bits per heavy atom. The summed E-state index contributed by atoms with van der Waals surface area (Å²) in [5.74, 6) is 0.742. The molecule has 2 unspecified atom stereocenters. The normalized spacial score (nSPS) is 13.1. The first-order chi connectivity index (χ1) is 39.6. The van der Waals surface area contributed by atoms with E-state index >= 15 is 0 Å². The Labute approximate surface area is 493 Å². The molecule has 0 aliphatic carbocycles. The molecule has 0 bridgehead atoms. The van der Waals surface area contributed by atoms with Crippen LogP contribution in [0.4, 0.5) is 0 Å². The number of aromatic nitrogens is 6. The second-order valence-electron chi connectivity index (χ2n) is 24.2. The number of aryl methyl sites for hydroxylation is 6. The van der Waals surface area contributed by atoms with Crippen LogP contribution in [-0.2, 0) is 43.0 Å². The molecule has 0 saturated heterocycles. The zero-order chi connectivity index (χ0) is 60.8. The lowest BCUT2D eigenvalue weighted by Crippen LogP contribution is -2.22. The average Bonchev–Trinajstić information content (AvgIpc) is 2.98. The van der Waals surface area contributed by atoms with Gasteiger partial charge in [0.1, 0.15) is 37.3 Å². The van der Waals surface area contributed by atoms with Crippen molar-refractivity contribution in [2.75, 3.05) is 13.2 Å². The topological polar surface area (TPSA) is 220 Å². The highest BCUT2D eigenvalue weighted by atomic mass is 32.2. The van der Waals surface area contributed by atoms with Gasteiger partial charge in [-0.05, 0) is 149 Å². The van der Waals surface area contributed by atoms with Crippen LogP contribution in [0.5, 0.6) is 0 Å². The fourth-order valence-electron chi connectivity index (χ4n) is 10.6. The van der Waals surface area contributed by atoms with E-state index in [1.165, 1.54) is 7.94 Å². The van der Waals surface area contributed by atoms with Crippen molar-refractivity contribution in [2.24, 2.45) is 0 Å². The number of aliphatic hydroxyl groups excluding tert-OH is 2. The largest absolute Gasteiger partial charge is 0.380 e. The minimum atomic E-state index is -3.88. The van der Waals surface area contributed by atoms with E-state index in [-0.39, 0.29) is 23.3 Å². The molecule has 0 aliphatic rings. The SMILES string of the molecule is Cc1ccc(S(=O)(=O)n2ccc3c(C(O)c4nc5cc(C#N)ccc5n4COCC[Si](C)(C)C)c(C)cc(C)c32)cc1.Cc1ccc(S(=O)(=O)n2ccc3c(C(O)c4nc5ccc(C#N)cc5n4COCC[Si](C)(C)C)c(C)cc(C)c32)cc1. The number of aliphatic hydroxyl groups is 2. The molecule has 16 nitrogen and oxygen atoms in total. The van der Waals surface area contributed by atoms with Crippen LogP contribution in [-0.4, -0.2) is 83.5 Å². The van der Waals surface area contributed by atoms with E-state index in [0.29, 0.717) is 85.5 Å². The van der Waals surface area contributed by atoms with Gasteiger partial charge in [0.2, 0.25) is 0 Å². The van der Waals surface area contributed by atoms with Gasteiger partial charge in [-0.25, -0.2) is 34.7 Å². The van der Waals surface area contributed by atoms with Gasteiger partial charge < -0.3 is 28.8 Å². The van der Waals surface area contributed by atoms with Crippen molar-refractivity contribution in [1.82, 2.24) is 27.0 Å². The van der Waals surface area contributed by atoms with Gasteiger partial charge in [-0.1, -0.05) is 86.8 Å². The van der Waals surface area contributed by atoms with Gasteiger partial charge in [-0.15, -0.1) is 0 Å². The van der Waals surface area contributed by atoms with E-state index in [1.807, 2.05) is 68.9 Å². The third-order valence-corrected chi connectivity index (χ3v) is 22.0. The number of nitrogens with zero attached hydrogens (tertiary/aromatic N) is 8. The molecule has 10 aromatic rings. The molecule has 84 heavy (non-hydrogen) atoms. The molecule has 0 saturated carbocycles. The fourth-order valence-corrected chi connectivity index (χ4v) is 15.0. The minimum absolute atomic E-state index is 0.166. The number of rotatable bonds is 18. The predicted molar refractivity (Wildman–Crippen MR) is 336 cm³/mol. The summed E-state index contributed by atoms with van der Waals surface area (Å²) in [6.07, 6.45) is 0.739. The van der Waals surface area contributed by atoms with Crippen LogP contribution in [0.15, 0.2) is 131 Å². The zero-order valence-electron chi connectivity index (χ0n) is 49.7. The van der Waals surface area contributed by atoms with E-state index < -0.39 is 48.4 Å². The van der Waals surface area contributed by atoms with E-state index in [1.54, 1.807) is 103 Å². The average molecular weight is 1200 g/mol. The molecule has 4 heterocycles. The number of nitriles is 2. The number of hydrogen-bond donors (Lipinski definition) is 2. The van der Waals surface area contributed by atoms with Crippen molar-refractivity contribution in [3.8, 4) is 12.1 Å². The molecular weight excluding hydrogens is 1130 g/mol. The molecule has 0 amide bonds. The van der Waals surface area contributed by atoms with Crippen LogP contribution >= 0.6 is 0 Å². The van der Waals surface area contributed by atoms with Gasteiger partial charge in [0, 0.05) is 63.7 Å². The Bertz CT molecular complexity index is 4290. The van der Waals surface area contributed by atoms with Gasteiger partial charge in [0.15, 0.2) is 0 Å². The second kappa shape index (κ2) is 23.9. The lowest BCUT2D eigenvalue weighted by atomic mass is 9.96. The first-order valence-electron chi connectivity index (χ1n) is 27.8. The molecule has 436 valence electrons. The van der Waals surface area contributed by atoms with Crippen molar-refractivity contribution in [2.45, 2.75) is 128 Å². The van der Waals surface area contributed by atoms with Crippen LogP contribution in [0, 0.1) is 64.2 Å². The summed E-state index contributed by atoms with van der Waals surface area (Å²) in [6, 6.07) is 37.6. The number of ether oxygens (including phenoxy) is 2. The molecule has 20 heteroatoms. The molecule has 0 aliphatic heterocycles. The van der Waals surface area contributed by atoms with Crippen LogP contribution < -0.4 is 0 Å². The van der Waals surface area contributed by atoms with Crippen molar-refractivity contribution < 1.29 is 36.5 Å². The zero-order valence-corrected chi connectivity index (χ0v) is 53.3. The molecular formula is C64H72N8O8S2Si2. The van der Waals surface area contributed by atoms with Crippen LogP contribution in [0.1, 0.15) is 79.5 Å². The maximum atomic E-state index is 13.7. The Morgan fingerprint density at radius 3 is 1.35 bits per heavy atom. The van der Waals surface area contributed by atoms with Crippen molar-refractivity contribution >= 4 is 80.1 Å². The Hall–Kier alpha value is -7.51. The first-order valence-corrected chi connectivity index (χ1v) is 38.1. The monoisotopic (exact) mass is 1200 g/mol. The molecule has 6 aromatic carbocycles. The number of imidazole rings is 2. The van der Waals surface area contributed by atoms with Crippen LogP contribution in [0.3, 0.4) is 0 Å². The van der Waals surface area contributed by atoms with E-state index in [0.717, 1.165) is 51.0 Å². The molecule has 2 N–H and O–H groups in total. The molecule has 0 fully saturated rings. The van der Waals surface area contributed by atoms with Gasteiger partial charge >= 0.3 is 0 Å². The summed E-state index contributed by atoms with van der Waals surface area (Å²) in [7, 11) is -10.4. The van der Waals surface area contributed by atoms with Crippen molar-refractivity contribution in [3.05, 3.63) is 189 Å². The molecule has 2 atom stereocenters. The van der Waals surface area contributed by atoms with Gasteiger partial charge in [-0.3, -0.25) is 0 Å². The van der Waals surface area contributed by atoms with E-state index in [4.69, 9.17) is 19.4 Å². The van der Waals surface area contributed by atoms with Crippen LogP contribution in [0.25, 0.3) is 43.9 Å². The summed E-state index contributed by atoms with van der Waals surface area (Å²) in [6.45, 7) is 26.6. The molecule has 0 radical (unpaired) electrons. The third kappa shape index (κ3) is 12.4. The Kier molecular flexibility index (Phi) is 17.3. The quantitative estimate of drug-likeness (QED) is 0.0605. The van der Waals surface area contributed by atoms with Gasteiger partial charge in [0.05, 0.1) is 66.2 Å². The Balaban J connectivity index is 0.000000202. The lowest BCUT2D eigenvalue weighted by molar-refractivity contribution is 0.0815. The Morgan fingerprint density at radius 2 is 0.917 bits per heavy atom. The second-order valence-corrected chi connectivity index (χ2v) is 39.0. The predicted octanol–water partition coefficient (Wildman–Crippen LogP) is 12.8. The summed E-state index contributed by atoms with van der Waals surface area (Å²) in [5, 5.41) is 44.2. The highest BCUT2D eigenvalue weighted by molar-refractivity contribution is 7.90. The first kappa shape index (κ1) is 61.1. The van der Waals surface area contributed by atoms with Crippen molar-refractivity contribution in [3.63, 3.8) is 0 Å². The molecule has 0 spiro atoms. The maximum Gasteiger partial charge on any atom is 0.268 e. The summed E-state index contributed by atoms with van der Waals surface area (Å²) in [4.78, 5) is 9.94. The smallest absolute Gasteiger partial charge is 0.268 e. The van der Waals surface area contributed by atoms with Gasteiger partial charge in [0.25, 0.3) is 20.0 Å². The summed E-state index contributed by atoms with van der Waals surface area (Å²) < 4.78 is 73.2. The standard InChI is InChI=1S/2C32H36N4O4SSi/c1-21-7-10-25(11-8-21)41(38,39)36-14-13-26-29(22(2)17-23(3)30(26)36)31(37)32-34-27-18-24(19-33)9-12-28(27)35(32)20-40-15-16-42(4,5)6;1-21-7-10-25(11-8-21)41(38,39)36-14-13-26-29(22(2)17-23(3)30(26)36)31(37)32-34-27-12-9-24(19-33)18-28(27)35(32)20-40-15-16-42(4,5)6/h2*7-14,17-18,31,37H,15-16,20H2,1-6H3. The maximum absolute atomic E-state index is 13.7. The fraction of sp³-hybridized carbons (Fsp3) is 0.312. The summed E-state index contributed by atoms with van der Waals surface area (Å²) in [5.41, 5.74) is 10.9. The number of benzene rings is 6. The van der Waals surface area contributed by atoms with Crippen LogP contribution in [0.2, 0.25) is 51.4 Å². The highest BCUT2D eigenvalue weighted by Crippen LogP contribution is 2.39. The molecule has 4 aromatic heterocycles. The van der Waals surface area contributed by atoms with E-state index in [2.05, 4.69) is 51.4 Å². The van der Waals surface area contributed by atoms with Gasteiger partial charge in [-0.2, -0.15) is 10.5 Å². The summed E-state index contributed by atoms with van der Waals surface area (Å²) >= 11 is 0. The number of fused-ring (bicyclic) bond motifs is 4. The lowest BCUT2D eigenvalue weighted by Gasteiger charge is -2.20. The highest BCUT2D eigenvalue weighted by Gasteiger charge is 2.30. The number of hydrogen-bond acceptors (Lipinski definition) is 12. The van der Waals surface area contributed by atoms with E-state index in [9.17, 15) is 37.6 Å². The molecule has 10 rings (SSSR count). The third-order valence-electron chi connectivity index (χ3n) is 15.2. The minimum Gasteiger partial charge on any atom is -0.380 e.